The van der Waals surface area contributed by atoms with Crippen molar-refractivity contribution in [1.29, 1.82) is 0 Å². The average Bonchev–Trinajstić information content (AvgIpc) is 2.72. The lowest BCUT2D eigenvalue weighted by Gasteiger charge is -2.26. The topological polar surface area (TPSA) is 74.7 Å². The fraction of sp³-hybridized carbons (Fsp3) is 0.364. The van der Waals surface area contributed by atoms with Gasteiger partial charge >= 0.3 is 0 Å². The number of benzene rings is 1. The number of phenols is 1. The predicted molar refractivity (Wildman–Crippen MR) is 61.6 cm³/mol. The van der Waals surface area contributed by atoms with E-state index in [2.05, 4.69) is 0 Å². The summed E-state index contributed by atoms with van der Waals surface area (Å²) >= 11 is 0. The molecule has 1 aromatic carbocycles. The van der Waals surface area contributed by atoms with Gasteiger partial charge in [0.25, 0.3) is 0 Å². The Morgan fingerprint density at radius 1 is 1.24 bits per heavy atom. The van der Waals surface area contributed by atoms with Crippen molar-refractivity contribution in [2.75, 3.05) is 10.7 Å². The summed E-state index contributed by atoms with van der Waals surface area (Å²) < 4.78 is 23.2. The van der Waals surface area contributed by atoms with Crippen molar-refractivity contribution in [3.8, 4) is 5.75 Å². The van der Waals surface area contributed by atoms with Gasteiger partial charge in [0.2, 0.25) is 5.91 Å². The van der Waals surface area contributed by atoms with Gasteiger partial charge in [0.1, 0.15) is 11.0 Å². The van der Waals surface area contributed by atoms with Gasteiger partial charge in [-0.05, 0) is 30.7 Å². The lowest BCUT2D eigenvalue weighted by atomic mass is 10.2. The molecule has 6 heteroatoms. The number of sulfone groups is 1. The molecule has 1 N–H and O–H groups in total. The lowest BCUT2D eigenvalue weighted by molar-refractivity contribution is -0.117. The molecule has 0 saturated carbocycles. The molecule has 2 aliphatic heterocycles. The molecule has 5 nitrogen and oxygen atoms in total. The molecule has 0 aromatic heterocycles. The highest BCUT2D eigenvalue weighted by atomic mass is 32.2. The van der Waals surface area contributed by atoms with E-state index in [0.717, 1.165) is 0 Å². The van der Waals surface area contributed by atoms with E-state index in [-0.39, 0.29) is 23.5 Å². The first-order valence-electron chi connectivity index (χ1n) is 5.33. The number of phenolic OH excluding ortho intramolecular Hbond substituents is 1. The Hall–Kier alpha value is -1.56. The minimum Gasteiger partial charge on any atom is -0.508 e. The maximum atomic E-state index is 12.0. The third kappa shape index (κ3) is 1.44. The first-order valence-corrected chi connectivity index (χ1v) is 7.04. The minimum atomic E-state index is -3.23. The monoisotopic (exact) mass is 253 g/mol. The second-order valence-corrected chi connectivity index (χ2v) is 6.66. The van der Waals surface area contributed by atoms with Crippen LogP contribution < -0.4 is 4.90 Å². The number of fused-ring (bicyclic) bond motifs is 2. The van der Waals surface area contributed by atoms with Crippen molar-refractivity contribution in [2.45, 2.75) is 17.7 Å². The van der Waals surface area contributed by atoms with Gasteiger partial charge in [-0.25, -0.2) is 8.42 Å². The molecule has 2 bridgehead atoms. The lowest BCUT2D eigenvalue weighted by Crippen LogP contribution is -2.45. The van der Waals surface area contributed by atoms with Gasteiger partial charge in [-0.1, -0.05) is 0 Å². The summed E-state index contributed by atoms with van der Waals surface area (Å²) in [5, 5.41) is 8.32. The standard InChI is InChI=1S/C11H11NO4S/c13-9-3-1-7(2-4-9)12-8-5-10(11(12)14)17(15,16)6-8/h1-4,8,10,13H,5-6H2. The van der Waals surface area contributed by atoms with Crippen molar-refractivity contribution in [3.05, 3.63) is 24.3 Å². The summed E-state index contributed by atoms with van der Waals surface area (Å²) in [6, 6.07) is 5.98. The second kappa shape index (κ2) is 3.22. The van der Waals surface area contributed by atoms with Crippen LogP contribution in [-0.4, -0.2) is 36.5 Å². The number of nitrogens with zero attached hydrogens (tertiary/aromatic N) is 1. The van der Waals surface area contributed by atoms with Gasteiger partial charge in [0.05, 0.1) is 11.8 Å². The summed E-state index contributed by atoms with van der Waals surface area (Å²) in [6.45, 7) is 0. The van der Waals surface area contributed by atoms with E-state index >= 15 is 0 Å². The van der Waals surface area contributed by atoms with Crippen LogP contribution in [0.3, 0.4) is 0 Å². The van der Waals surface area contributed by atoms with Crippen molar-refractivity contribution < 1.29 is 18.3 Å². The molecule has 0 spiro atoms. The summed E-state index contributed by atoms with van der Waals surface area (Å²) in [5.41, 5.74) is 0.648. The van der Waals surface area contributed by atoms with Crippen molar-refractivity contribution in [1.82, 2.24) is 0 Å². The van der Waals surface area contributed by atoms with Gasteiger partial charge in [-0.3, -0.25) is 4.79 Å². The van der Waals surface area contributed by atoms with E-state index in [1.807, 2.05) is 0 Å². The highest BCUT2D eigenvalue weighted by molar-refractivity contribution is 7.93. The number of anilines is 1. The summed E-state index contributed by atoms with van der Waals surface area (Å²) in [4.78, 5) is 13.5. The van der Waals surface area contributed by atoms with E-state index < -0.39 is 15.1 Å². The van der Waals surface area contributed by atoms with Gasteiger partial charge in [-0.2, -0.15) is 0 Å². The number of hydrogen-bond donors (Lipinski definition) is 1. The van der Waals surface area contributed by atoms with E-state index in [0.29, 0.717) is 12.1 Å². The zero-order chi connectivity index (χ0) is 12.2. The molecule has 1 aromatic rings. The molecular formula is C11H11NO4S. The van der Waals surface area contributed by atoms with Crippen LogP contribution >= 0.6 is 0 Å². The molecule has 90 valence electrons. The zero-order valence-corrected chi connectivity index (χ0v) is 9.72. The molecule has 0 radical (unpaired) electrons. The van der Waals surface area contributed by atoms with Crippen LogP contribution in [0.2, 0.25) is 0 Å². The fourth-order valence-electron chi connectivity index (χ4n) is 2.57. The third-order valence-corrected chi connectivity index (χ3v) is 5.46. The van der Waals surface area contributed by atoms with E-state index in [1.165, 1.54) is 17.0 Å². The fourth-order valence-corrected chi connectivity index (χ4v) is 4.56. The summed E-state index contributed by atoms with van der Waals surface area (Å²) in [6.07, 6.45) is 0.391. The van der Waals surface area contributed by atoms with Crippen molar-refractivity contribution >= 4 is 21.4 Å². The minimum absolute atomic E-state index is 0.0459. The first-order chi connectivity index (χ1) is 7.99. The first kappa shape index (κ1) is 10.6. The Balaban J connectivity index is 1.98. The van der Waals surface area contributed by atoms with Crippen LogP contribution in [0.25, 0.3) is 0 Å². The van der Waals surface area contributed by atoms with Crippen LogP contribution in [0.4, 0.5) is 5.69 Å². The smallest absolute Gasteiger partial charge is 0.245 e. The summed E-state index contributed by atoms with van der Waals surface area (Å²) in [7, 11) is -3.23. The van der Waals surface area contributed by atoms with Gasteiger partial charge in [-0.15, -0.1) is 0 Å². The molecule has 2 heterocycles. The molecular weight excluding hydrogens is 242 g/mol. The normalized spacial score (nSPS) is 29.9. The van der Waals surface area contributed by atoms with Crippen molar-refractivity contribution in [2.24, 2.45) is 0 Å². The van der Waals surface area contributed by atoms with Crippen molar-refractivity contribution in [3.63, 3.8) is 0 Å². The summed E-state index contributed by atoms with van der Waals surface area (Å²) in [5.74, 6) is -0.172. The molecule has 2 aliphatic rings. The molecule has 2 fully saturated rings. The molecule has 2 unspecified atom stereocenters. The number of hydrogen-bond acceptors (Lipinski definition) is 4. The molecule has 3 rings (SSSR count). The van der Waals surface area contributed by atoms with Gasteiger partial charge in [0.15, 0.2) is 9.84 Å². The van der Waals surface area contributed by atoms with Crippen LogP contribution in [0.5, 0.6) is 5.75 Å². The largest absolute Gasteiger partial charge is 0.508 e. The Kier molecular flexibility index (Phi) is 2.01. The molecule has 17 heavy (non-hydrogen) atoms. The van der Waals surface area contributed by atoms with Gasteiger partial charge in [0, 0.05) is 5.69 Å². The van der Waals surface area contributed by atoms with Crippen LogP contribution in [-0.2, 0) is 14.6 Å². The maximum Gasteiger partial charge on any atom is 0.245 e. The number of aromatic hydroxyl groups is 1. The highest BCUT2D eigenvalue weighted by Gasteiger charge is 2.54. The van der Waals surface area contributed by atoms with E-state index in [1.54, 1.807) is 12.1 Å². The van der Waals surface area contributed by atoms with Crippen LogP contribution in [0, 0.1) is 0 Å². The Bertz CT molecular complexity index is 578. The maximum absolute atomic E-state index is 12.0. The molecule has 0 aliphatic carbocycles. The Morgan fingerprint density at radius 2 is 1.88 bits per heavy atom. The number of rotatable bonds is 1. The highest BCUT2D eigenvalue weighted by Crippen LogP contribution is 2.37. The molecule has 1 amide bonds. The number of carbonyl (C=O) groups is 1. The predicted octanol–water partition coefficient (Wildman–Crippen LogP) is 0.295. The van der Waals surface area contributed by atoms with Crippen LogP contribution in [0.15, 0.2) is 24.3 Å². The Morgan fingerprint density at radius 3 is 2.41 bits per heavy atom. The molecule has 2 atom stereocenters. The van der Waals surface area contributed by atoms with E-state index in [9.17, 15) is 18.3 Å². The second-order valence-electron chi connectivity index (χ2n) is 4.43. The zero-order valence-electron chi connectivity index (χ0n) is 8.91. The molecule has 2 saturated heterocycles. The quantitative estimate of drug-likeness (QED) is 0.781. The third-order valence-electron chi connectivity index (χ3n) is 3.35. The number of carbonyl (C=O) groups excluding carboxylic acids is 1. The Labute approximate surface area is 98.6 Å². The van der Waals surface area contributed by atoms with Gasteiger partial charge < -0.3 is 10.0 Å². The SMILES string of the molecule is O=C1C2CC(CS2(=O)=O)N1c1ccc(O)cc1. The van der Waals surface area contributed by atoms with E-state index in [4.69, 9.17) is 0 Å². The number of amides is 1. The van der Waals surface area contributed by atoms with Crippen LogP contribution in [0.1, 0.15) is 6.42 Å². The average molecular weight is 253 g/mol.